The van der Waals surface area contributed by atoms with Gasteiger partial charge in [-0.2, -0.15) is 0 Å². The average Bonchev–Trinajstić information content (AvgIpc) is 2.73. The SMILES string of the molecule is CSc1nc(Cl)cc(N(C)Cc2ccc(C)o2)n1. The van der Waals surface area contributed by atoms with Crippen molar-refractivity contribution >= 4 is 29.2 Å². The topological polar surface area (TPSA) is 42.2 Å². The summed E-state index contributed by atoms with van der Waals surface area (Å²) >= 11 is 7.43. The Kier molecular flexibility index (Phi) is 4.14. The van der Waals surface area contributed by atoms with E-state index in [1.54, 1.807) is 6.07 Å². The third-order valence-electron chi connectivity index (χ3n) is 2.42. The fourth-order valence-corrected chi connectivity index (χ4v) is 2.16. The van der Waals surface area contributed by atoms with Gasteiger partial charge in [0.15, 0.2) is 5.16 Å². The molecule has 0 spiro atoms. The molecule has 6 heteroatoms. The van der Waals surface area contributed by atoms with Gasteiger partial charge in [0.2, 0.25) is 0 Å². The minimum Gasteiger partial charge on any atom is -0.464 e. The summed E-state index contributed by atoms with van der Waals surface area (Å²) in [6, 6.07) is 5.66. The summed E-state index contributed by atoms with van der Waals surface area (Å²) in [5.41, 5.74) is 0. The number of hydrogen-bond acceptors (Lipinski definition) is 5. The zero-order valence-electron chi connectivity index (χ0n) is 10.5. The smallest absolute Gasteiger partial charge is 0.190 e. The van der Waals surface area contributed by atoms with Gasteiger partial charge in [0.05, 0.1) is 6.54 Å². The lowest BCUT2D eigenvalue weighted by Crippen LogP contribution is -2.17. The van der Waals surface area contributed by atoms with Crippen molar-refractivity contribution in [1.82, 2.24) is 9.97 Å². The van der Waals surface area contributed by atoms with Crippen LogP contribution in [0.4, 0.5) is 5.82 Å². The quantitative estimate of drug-likeness (QED) is 0.489. The van der Waals surface area contributed by atoms with Crippen molar-refractivity contribution < 1.29 is 4.42 Å². The molecule has 0 aromatic carbocycles. The Labute approximate surface area is 115 Å². The van der Waals surface area contributed by atoms with Crippen molar-refractivity contribution in [3.05, 3.63) is 34.9 Å². The Bertz CT molecular complexity index is 544. The minimum atomic E-state index is 0.451. The molecule has 18 heavy (non-hydrogen) atoms. The summed E-state index contributed by atoms with van der Waals surface area (Å²) < 4.78 is 5.54. The molecule has 0 saturated carbocycles. The van der Waals surface area contributed by atoms with E-state index in [9.17, 15) is 0 Å². The lowest BCUT2D eigenvalue weighted by atomic mass is 10.4. The van der Waals surface area contributed by atoms with Crippen LogP contribution in [0, 0.1) is 6.92 Å². The molecule has 2 heterocycles. The second-order valence-electron chi connectivity index (χ2n) is 3.90. The molecule has 0 aliphatic heterocycles. The molecular weight excluding hydrogens is 270 g/mol. The molecule has 0 unspecified atom stereocenters. The number of aryl methyl sites for hydroxylation is 1. The van der Waals surface area contributed by atoms with Crippen LogP contribution in [0.5, 0.6) is 0 Å². The normalized spacial score (nSPS) is 10.7. The fourth-order valence-electron chi connectivity index (χ4n) is 1.56. The first-order valence-electron chi connectivity index (χ1n) is 5.43. The van der Waals surface area contributed by atoms with E-state index in [2.05, 4.69) is 9.97 Å². The van der Waals surface area contributed by atoms with E-state index in [0.29, 0.717) is 16.9 Å². The zero-order valence-corrected chi connectivity index (χ0v) is 12.0. The molecule has 0 aliphatic rings. The van der Waals surface area contributed by atoms with Crippen molar-refractivity contribution in [1.29, 1.82) is 0 Å². The maximum absolute atomic E-state index is 5.97. The molecule has 2 rings (SSSR count). The van der Waals surface area contributed by atoms with Gasteiger partial charge in [-0.3, -0.25) is 0 Å². The number of halogens is 1. The van der Waals surface area contributed by atoms with Gasteiger partial charge < -0.3 is 9.32 Å². The molecule has 2 aromatic heterocycles. The standard InChI is InChI=1S/C12H14ClN3OS/c1-8-4-5-9(17-8)7-16(2)11-6-10(13)14-12(15-11)18-3/h4-6H,7H2,1-3H3. The average molecular weight is 284 g/mol. The van der Waals surface area contributed by atoms with Crippen LogP contribution in [0.2, 0.25) is 5.15 Å². The van der Waals surface area contributed by atoms with E-state index in [0.717, 1.165) is 17.3 Å². The maximum atomic E-state index is 5.97. The van der Waals surface area contributed by atoms with Crippen LogP contribution in [-0.2, 0) is 6.54 Å². The molecule has 0 bridgehead atoms. The molecule has 96 valence electrons. The van der Waals surface area contributed by atoms with Crippen LogP contribution in [0.25, 0.3) is 0 Å². The highest BCUT2D eigenvalue weighted by Gasteiger charge is 2.09. The Balaban J connectivity index is 2.17. The second-order valence-corrected chi connectivity index (χ2v) is 5.06. The monoisotopic (exact) mass is 283 g/mol. The lowest BCUT2D eigenvalue weighted by Gasteiger charge is -2.17. The number of aromatic nitrogens is 2. The molecule has 0 atom stereocenters. The second kappa shape index (κ2) is 5.63. The molecule has 0 N–H and O–H groups in total. The van der Waals surface area contributed by atoms with Gasteiger partial charge in [0.25, 0.3) is 0 Å². The van der Waals surface area contributed by atoms with Gasteiger partial charge in [-0.15, -0.1) is 0 Å². The van der Waals surface area contributed by atoms with Crippen molar-refractivity contribution in [3.8, 4) is 0 Å². The zero-order chi connectivity index (χ0) is 13.1. The lowest BCUT2D eigenvalue weighted by molar-refractivity contribution is 0.481. The van der Waals surface area contributed by atoms with E-state index < -0.39 is 0 Å². The maximum Gasteiger partial charge on any atom is 0.190 e. The Hall–Kier alpha value is -1.20. The molecular formula is C12H14ClN3OS. The van der Waals surface area contributed by atoms with Crippen LogP contribution in [-0.4, -0.2) is 23.3 Å². The van der Waals surface area contributed by atoms with Crippen LogP contribution < -0.4 is 4.90 Å². The Morgan fingerprint density at radius 2 is 2.17 bits per heavy atom. The number of hydrogen-bond donors (Lipinski definition) is 0. The van der Waals surface area contributed by atoms with Crippen molar-refractivity contribution in [2.75, 3.05) is 18.2 Å². The predicted octanol–water partition coefficient (Wildman–Crippen LogP) is 3.39. The first-order chi connectivity index (χ1) is 8.58. The summed E-state index contributed by atoms with van der Waals surface area (Å²) in [6.07, 6.45) is 1.92. The Morgan fingerprint density at radius 1 is 1.39 bits per heavy atom. The number of nitrogens with zero attached hydrogens (tertiary/aromatic N) is 3. The van der Waals surface area contributed by atoms with Gasteiger partial charge in [0, 0.05) is 13.1 Å². The molecule has 0 radical (unpaired) electrons. The largest absolute Gasteiger partial charge is 0.464 e. The van der Waals surface area contributed by atoms with E-state index in [1.165, 1.54) is 11.8 Å². The number of furan rings is 1. The van der Waals surface area contributed by atoms with Gasteiger partial charge >= 0.3 is 0 Å². The summed E-state index contributed by atoms with van der Waals surface area (Å²) in [7, 11) is 1.95. The molecule has 0 amide bonds. The van der Waals surface area contributed by atoms with Gasteiger partial charge in [-0.25, -0.2) is 9.97 Å². The predicted molar refractivity (Wildman–Crippen MR) is 74.4 cm³/mol. The third kappa shape index (κ3) is 3.17. The van der Waals surface area contributed by atoms with E-state index in [4.69, 9.17) is 16.0 Å². The molecule has 4 nitrogen and oxygen atoms in total. The summed E-state index contributed by atoms with van der Waals surface area (Å²) in [5, 5.41) is 1.12. The number of thioether (sulfide) groups is 1. The highest BCUT2D eigenvalue weighted by Crippen LogP contribution is 2.21. The summed E-state index contributed by atoms with van der Waals surface area (Å²) in [6.45, 7) is 2.58. The van der Waals surface area contributed by atoms with Crippen LogP contribution in [0.3, 0.4) is 0 Å². The van der Waals surface area contributed by atoms with Crippen molar-refractivity contribution in [2.24, 2.45) is 0 Å². The van der Waals surface area contributed by atoms with Crippen LogP contribution in [0.1, 0.15) is 11.5 Å². The van der Waals surface area contributed by atoms with Gasteiger partial charge in [0.1, 0.15) is 22.5 Å². The summed E-state index contributed by atoms with van der Waals surface area (Å²) in [4.78, 5) is 10.5. The van der Waals surface area contributed by atoms with E-state index >= 15 is 0 Å². The molecule has 0 fully saturated rings. The van der Waals surface area contributed by atoms with E-state index in [1.807, 2.05) is 37.3 Å². The molecule has 2 aromatic rings. The van der Waals surface area contributed by atoms with E-state index in [-0.39, 0.29) is 0 Å². The highest BCUT2D eigenvalue weighted by molar-refractivity contribution is 7.98. The molecule has 0 saturated heterocycles. The Morgan fingerprint density at radius 3 is 2.78 bits per heavy atom. The minimum absolute atomic E-state index is 0.451. The summed E-state index contributed by atoms with van der Waals surface area (Å²) in [5.74, 6) is 2.59. The third-order valence-corrected chi connectivity index (χ3v) is 3.16. The van der Waals surface area contributed by atoms with Gasteiger partial charge in [-0.1, -0.05) is 23.4 Å². The number of anilines is 1. The fraction of sp³-hybridized carbons (Fsp3) is 0.333. The number of rotatable bonds is 4. The van der Waals surface area contributed by atoms with Crippen LogP contribution in [0.15, 0.2) is 27.8 Å². The van der Waals surface area contributed by atoms with Crippen LogP contribution >= 0.6 is 23.4 Å². The highest BCUT2D eigenvalue weighted by atomic mass is 35.5. The molecule has 0 aliphatic carbocycles. The first kappa shape index (κ1) is 13.2. The van der Waals surface area contributed by atoms with Gasteiger partial charge in [-0.05, 0) is 25.3 Å². The van der Waals surface area contributed by atoms with Crippen molar-refractivity contribution in [2.45, 2.75) is 18.6 Å². The van der Waals surface area contributed by atoms with Crippen molar-refractivity contribution in [3.63, 3.8) is 0 Å². The first-order valence-corrected chi connectivity index (χ1v) is 7.04.